The number of aryl methyl sites for hydroxylation is 2. The molecule has 13 heteroatoms. The van der Waals surface area contributed by atoms with E-state index in [1.54, 1.807) is 26.0 Å². The Morgan fingerprint density at radius 1 is 1.02 bits per heavy atom. The van der Waals surface area contributed by atoms with Crippen molar-refractivity contribution >= 4 is 33.7 Å². The zero-order valence-electron chi connectivity index (χ0n) is 24.5. The lowest BCUT2D eigenvalue weighted by molar-refractivity contribution is -0.271. The van der Waals surface area contributed by atoms with Gasteiger partial charge < -0.3 is 15.3 Å². The predicted molar refractivity (Wildman–Crippen MR) is 156 cm³/mol. The van der Waals surface area contributed by atoms with Crippen molar-refractivity contribution in [3.8, 4) is 0 Å². The van der Waals surface area contributed by atoms with Gasteiger partial charge in [-0.15, -0.1) is 0 Å². The molecular weight excluding hydrogens is 585 g/mol. The highest BCUT2D eigenvalue weighted by Gasteiger charge is 2.55. The van der Waals surface area contributed by atoms with Crippen LogP contribution in [-0.2, 0) is 14.8 Å². The number of likely N-dealkylation sites (tertiary alicyclic amines) is 1. The Morgan fingerprint density at radius 3 is 2.16 bits per heavy atom. The number of nitrogens with zero attached hydrogens (tertiary/aromatic N) is 3. The first-order valence-electron chi connectivity index (χ1n) is 14.9. The number of aliphatic imine (C=N–C) groups is 1. The van der Waals surface area contributed by atoms with E-state index in [0.29, 0.717) is 29.5 Å². The van der Waals surface area contributed by atoms with E-state index < -0.39 is 46.1 Å². The number of hydrogen-bond donors (Lipinski definition) is 2. The minimum Gasteiger partial charge on any atom is -0.380 e. The molecule has 9 nitrogen and oxygen atoms in total. The summed E-state index contributed by atoms with van der Waals surface area (Å²) in [4.78, 5) is 32.1. The molecule has 0 atom stereocenters. The van der Waals surface area contributed by atoms with Gasteiger partial charge in [0, 0.05) is 55.9 Å². The van der Waals surface area contributed by atoms with Crippen LogP contribution in [-0.4, -0.2) is 83.9 Å². The first kappa shape index (κ1) is 31.6. The first-order valence-corrected chi connectivity index (χ1v) is 16.4. The third-order valence-corrected chi connectivity index (χ3v) is 11.1. The van der Waals surface area contributed by atoms with Crippen molar-refractivity contribution in [1.82, 2.24) is 14.5 Å². The molecule has 3 aliphatic heterocycles. The molecule has 0 bridgehead atoms. The van der Waals surface area contributed by atoms with E-state index in [1.165, 1.54) is 21.7 Å². The van der Waals surface area contributed by atoms with E-state index in [-0.39, 0.29) is 43.6 Å². The molecule has 43 heavy (non-hydrogen) atoms. The van der Waals surface area contributed by atoms with Gasteiger partial charge in [-0.25, -0.2) is 8.42 Å². The average molecular weight is 625 g/mol. The molecule has 5 rings (SSSR count). The molecule has 3 fully saturated rings. The Morgan fingerprint density at radius 2 is 1.60 bits per heavy atom. The van der Waals surface area contributed by atoms with Gasteiger partial charge in [-0.1, -0.05) is 19.3 Å². The number of hydrogen-bond acceptors (Lipinski definition) is 6. The summed E-state index contributed by atoms with van der Waals surface area (Å²) in [5.41, 5.74) is -1.50. The van der Waals surface area contributed by atoms with Gasteiger partial charge in [0.2, 0.25) is 10.0 Å². The zero-order chi connectivity index (χ0) is 31.2. The smallest absolute Gasteiger partial charge is 0.380 e. The fraction of sp³-hybridized carbons (Fsp3) is 0.633. The molecular formula is C30H39F3N4O5S. The van der Waals surface area contributed by atoms with Crippen molar-refractivity contribution in [3.05, 3.63) is 39.8 Å². The fourth-order valence-electron chi connectivity index (χ4n) is 6.71. The molecule has 4 aliphatic rings. The molecule has 2 saturated heterocycles. The largest absolute Gasteiger partial charge is 0.417 e. The van der Waals surface area contributed by atoms with E-state index in [4.69, 9.17) is 4.99 Å². The van der Waals surface area contributed by atoms with Crippen LogP contribution in [0.3, 0.4) is 0 Å². The van der Waals surface area contributed by atoms with E-state index in [9.17, 15) is 36.3 Å². The number of carbonyl (C=O) groups is 2. The maximum Gasteiger partial charge on any atom is 0.417 e. The van der Waals surface area contributed by atoms with E-state index in [0.717, 1.165) is 36.9 Å². The highest BCUT2D eigenvalue weighted by atomic mass is 32.2. The van der Waals surface area contributed by atoms with Crippen LogP contribution in [0.1, 0.15) is 84.8 Å². The summed E-state index contributed by atoms with van der Waals surface area (Å²) in [7, 11) is -3.80. The van der Waals surface area contributed by atoms with Gasteiger partial charge in [-0.2, -0.15) is 17.5 Å². The normalized spacial score (nSPS) is 23.5. The molecule has 1 aromatic carbocycles. The molecule has 0 aromatic heterocycles. The van der Waals surface area contributed by atoms with Crippen LogP contribution in [0, 0.1) is 19.8 Å². The summed E-state index contributed by atoms with van der Waals surface area (Å²) in [5, 5.41) is 14.0. The molecule has 236 valence electrons. The molecule has 1 aliphatic carbocycles. The Bertz CT molecular complexity index is 1410. The summed E-state index contributed by atoms with van der Waals surface area (Å²) >= 11 is 0. The first-order chi connectivity index (χ1) is 20.1. The van der Waals surface area contributed by atoms with Gasteiger partial charge in [0.05, 0.1) is 0 Å². The standard InChI is InChI=1S/C30H39F3N4O5S/c1-20-18-23(26(38)36-13-11-29(40,12-14-36)30(31,32)33)19-21(2)24(20)8-17-43(41,42)37-15-9-28(10-16-37)27(39)34-25(35-28)22-6-4-3-5-7-22/h8,17-19,22,40H,3-7,9-16H2,1-2H3,(H,34,35,39). The third-order valence-electron chi connectivity index (χ3n) is 9.55. The maximum absolute atomic E-state index is 13.2. The van der Waals surface area contributed by atoms with Gasteiger partial charge >= 0.3 is 6.18 Å². The molecule has 1 spiro atoms. The summed E-state index contributed by atoms with van der Waals surface area (Å²) in [6.07, 6.45) is 1.66. The number of piperidine rings is 2. The van der Waals surface area contributed by atoms with Crippen molar-refractivity contribution in [1.29, 1.82) is 0 Å². The quantitative estimate of drug-likeness (QED) is 0.512. The fourth-order valence-corrected chi connectivity index (χ4v) is 7.88. The number of rotatable bonds is 5. The highest BCUT2D eigenvalue weighted by Crippen LogP contribution is 2.39. The number of alkyl halides is 3. The van der Waals surface area contributed by atoms with E-state index in [1.807, 2.05) is 0 Å². The average Bonchev–Trinajstić information content (AvgIpc) is 3.27. The van der Waals surface area contributed by atoms with Crippen LogP contribution in [0.15, 0.2) is 22.5 Å². The van der Waals surface area contributed by atoms with Crippen molar-refractivity contribution in [2.24, 2.45) is 10.9 Å². The minimum atomic E-state index is -4.75. The Balaban J connectivity index is 1.23. The number of amidine groups is 1. The van der Waals surface area contributed by atoms with Crippen LogP contribution >= 0.6 is 0 Å². The molecule has 2 N–H and O–H groups in total. The third kappa shape index (κ3) is 6.26. The zero-order valence-corrected chi connectivity index (χ0v) is 25.4. The van der Waals surface area contributed by atoms with Crippen LogP contribution in [0.5, 0.6) is 0 Å². The lowest BCUT2D eigenvalue weighted by Gasteiger charge is -2.39. The van der Waals surface area contributed by atoms with Gasteiger partial charge in [0.25, 0.3) is 11.8 Å². The van der Waals surface area contributed by atoms with Crippen molar-refractivity contribution in [2.75, 3.05) is 26.2 Å². The molecule has 1 saturated carbocycles. The molecule has 0 unspecified atom stereocenters. The summed E-state index contributed by atoms with van der Waals surface area (Å²) in [6.45, 7) is 3.37. The molecule has 1 aromatic rings. The summed E-state index contributed by atoms with van der Waals surface area (Å²) < 4.78 is 67.2. The number of carbonyl (C=O) groups excluding carboxylic acids is 2. The minimum absolute atomic E-state index is 0.137. The maximum atomic E-state index is 13.2. The highest BCUT2D eigenvalue weighted by molar-refractivity contribution is 7.92. The number of benzene rings is 1. The summed E-state index contributed by atoms with van der Waals surface area (Å²) in [5.74, 6) is 0.453. The van der Waals surface area contributed by atoms with E-state index in [2.05, 4.69) is 5.32 Å². The number of sulfonamides is 1. The SMILES string of the molecule is Cc1cc(C(=O)N2CCC(O)(C(F)(F)F)CC2)cc(C)c1C=CS(=O)(=O)N1CCC2(CC1)N=C(C1CCCCC1)NC2=O. The monoisotopic (exact) mass is 624 g/mol. The predicted octanol–water partition coefficient (Wildman–Crippen LogP) is 4.08. The van der Waals surface area contributed by atoms with Crippen molar-refractivity contribution < 1.29 is 36.3 Å². The molecule has 0 radical (unpaired) electrons. The number of amides is 2. The lowest BCUT2D eigenvalue weighted by atomic mass is 9.88. The Labute approximate surface area is 250 Å². The van der Waals surface area contributed by atoms with Crippen molar-refractivity contribution in [3.63, 3.8) is 0 Å². The molecule has 2 amide bonds. The van der Waals surface area contributed by atoms with Crippen LogP contribution in [0.4, 0.5) is 13.2 Å². The van der Waals surface area contributed by atoms with Crippen molar-refractivity contribution in [2.45, 2.75) is 89.0 Å². The summed E-state index contributed by atoms with van der Waals surface area (Å²) in [6, 6.07) is 3.19. The Hall–Kier alpha value is -2.77. The second-order valence-electron chi connectivity index (χ2n) is 12.4. The van der Waals surface area contributed by atoms with Crippen LogP contribution in [0.2, 0.25) is 0 Å². The number of nitrogens with one attached hydrogen (secondary N) is 1. The number of halogens is 3. The Kier molecular flexibility index (Phi) is 8.56. The second kappa shape index (κ2) is 11.6. The van der Waals surface area contributed by atoms with Crippen LogP contribution in [0.25, 0.3) is 6.08 Å². The van der Waals surface area contributed by atoms with Gasteiger partial charge in [-0.3, -0.25) is 14.6 Å². The van der Waals surface area contributed by atoms with Gasteiger partial charge in [-0.05, 0) is 74.4 Å². The number of aliphatic hydroxyl groups is 1. The van der Waals surface area contributed by atoms with Gasteiger partial charge in [0.1, 0.15) is 11.4 Å². The lowest BCUT2D eigenvalue weighted by Crippen LogP contribution is -2.54. The van der Waals surface area contributed by atoms with Gasteiger partial charge in [0.15, 0.2) is 5.60 Å². The second-order valence-corrected chi connectivity index (χ2v) is 14.2. The van der Waals surface area contributed by atoms with Crippen LogP contribution < -0.4 is 5.32 Å². The molecule has 3 heterocycles. The topological polar surface area (TPSA) is 119 Å². The van der Waals surface area contributed by atoms with E-state index >= 15 is 0 Å².